The molecule has 1 aliphatic heterocycles. The predicted molar refractivity (Wildman–Crippen MR) is 83.6 cm³/mol. The standard InChI is InChI=1S/C18H24O4/c1-2-3-4-5-6-9-12-21-17(19)13-16-14-10-7-8-11-15(14)18(20)22-16/h7-8,10-11,16H,2-6,9,12-13H2,1H3. The summed E-state index contributed by atoms with van der Waals surface area (Å²) in [6, 6.07) is 7.18. The first-order valence-corrected chi connectivity index (χ1v) is 8.18. The number of rotatable bonds is 9. The van der Waals surface area contributed by atoms with E-state index in [-0.39, 0.29) is 18.4 Å². The van der Waals surface area contributed by atoms with E-state index in [2.05, 4.69) is 6.92 Å². The Morgan fingerprint density at radius 3 is 2.68 bits per heavy atom. The number of fused-ring (bicyclic) bond motifs is 1. The Kier molecular flexibility index (Phi) is 6.44. The number of hydrogen-bond donors (Lipinski definition) is 0. The van der Waals surface area contributed by atoms with Crippen molar-refractivity contribution in [3.8, 4) is 0 Å². The van der Waals surface area contributed by atoms with Crippen LogP contribution in [0.15, 0.2) is 24.3 Å². The van der Waals surface area contributed by atoms with Crippen molar-refractivity contribution >= 4 is 11.9 Å². The molecule has 2 rings (SSSR count). The Morgan fingerprint density at radius 1 is 1.14 bits per heavy atom. The second kappa shape index (κ2) is 8.57. The molecule has 0 aromatic heterocycles. The lowest BCUT2D eigenvalue weighted by atomic mass is 10.0. The second-order valence-electron chi connectivity index (χ2n) is 5.67. The Bertz CT molecular complexity index is 510. The van der Waals surface area contributed by atoms with Crippen LogP contribution in [0.25, 0.3) is 0 Å². The molecule has 22 heavy (non-hydrogen) atoms. The maximum absolute atomic E-state index is 11.8. The molecule has 0 bridgehead atoms. The summed E-state index contributed by atoms with van der Waals surface area (Å²) in [5.41, 5.74) is 1.33. The first kappa shape index (κ1) is 16.5. The van der Waals surface area contributed by atoms with Crippen LogP contribution in [0.4, 0.5) is 0 Å². The van der Waals surface area contributed by atoms with Crippen LogP contribution in [0.1, 0.15) is 73.9 Å². The smallest absolute Gasteiger partial charge is 0.339 e. The Morgan fingerprint density at radius 2 is 1.86 bits per heavy atom. The summed E-state index contributed by atoms with van der Waals surface area (Å²) >= 11 is 0. The van der Waals surface area contributed by atoms with Gasteiger partial charge < -0.3 is 9.47 Å². The Labute approximate surface area is 131 Å². The fraction of sp³-hybridized carbons (Fsp3) is 0.556. The zero-order valence-electron chi connectivity index (χ0n) is 13.2. The molecule has 120 valence electrons. The summed E-state index contributed by atoms with van der Waals surface area (Å²) in [4.78, 5) is 23.5. The molecule has 1 atom stereocenters. The number of unbranched alkanes of at least 4 members (excludes halogenated alkanes) is 5. The van der Waals surface area contributed by atoms with Crippen LogP contribution in [0.5, 0.6) is 0 Å². The Hall–Kier alpha value is -1.84. The highest BCUT2D eigenvalue weighted by Crippen LogP contribution is 2.32. The summed E-state index contributed by atoms with van der Waals surface area (Å²) in [6.45, 7) is 2.64. The van der Waals surface area contributed by atoms with E-state index in [1.54, 1.807) is 12.1 Å². The molecule has 0 radical (unpaired) electrons. The SMILES string of the molecule is CCCCCCCCOC(=O)CC1OC(=O)c2ccccc21. The average molecular weight is 304 g/mol. The van der Waals surface area contributed by atoms with Crippen LogP contribution in [-0.4, -0.2) is 18.5 Å². The van der Waals surface area contributed by atoms with Crippen molar-refractivity contribution in [1.82, 2.24) is 0 Å². The molecule has 1 heterocycles. The highest BCUT2D eigenvalue weighted by molar-refractivity contribution is 5.94. The molecule has 0 saturated heterocycles. The van der Waals surface area contributed by atoms with E-state index in [9.17, 15) is 9.59 Å². The molecule has 1 aromatic carbocycles. The molecule has 0 saturated carbocycles. The van der Waals surface area contributed by atoms with E-state index in [0.29, 0.717) is 12.2 Å². The zero-order valence-corrected chi connectivity index (χ0v) is 13.2. The molecule has 1 unspecified atom stereocenters. The highest BCUT2D eigenvalue weighted by atomic mass is 16.6. The van der Waals surface area contributed by atoms with Crippen LogP contribution < -0.4 is 0 Å². The van der Waals surface area contributed by atoms with Crippen LogP contribution in [0.3, 0.4) is 0 Å². The number of esters is 2. The van der Waals surface area contributed by atoms with Crippen molar-refractivity contribution in [2.75, 3.05) is 6.61 Å². The van der Waals surface area contributed by atoms with E-state index in [1.807, 2.05) is 12.1 Å². The lowest BCUT2D eigenvalue weighted by Crippen LogP contribution is -2.11. The monoisotopic (exact) mass is 304 g/mol. The third-order valence-electron chi connectivity index (χ3n) is 3.89. The summed E-state index contributed by atoms with van der Waals surface area (Å²) in [7, 11) is 0. The van der Waals surface area contributed by atoms with E-state index in [0.717, 1.165) is 18.4 Å². The molecule has 4 nitrogen and oxygen atoms in total. The molecular formula is C18H24O4. The summed E-state index contributed by atoms with van der Waals surface area (Å²) < 4.78 is 10.5. The molecule has 1 aromatic rings. The van der Waals surface area contributed by atoms with E-state index in [1.165, 1.54) is 25.7 Å². The minimum Gasteiger partial charge on any atom is -0.466 e. The normalized spacial score (nSPS) is 16.2. The summed E-state index contributed by atoms with van der Waals surface area (Å²) in [5.74, 6) is -0.660. The third kappa shape index (κ3) is 4.58. The van der Waals surface area contributed by atoms with Crippen molar-refractivity contribution in [2.45, 2.75) is 58.0 Å². The molecule has 0 spiro atoms. The van der Waals surface area contributed by atoms with Crippen molar-refractivity contribution in [1.29, 1.82) is 0 Å². The van der Waals surface area contributed by atoms with Gasteiger partial charge in [0.05, 0.1) is 18.6 Å². The number of ether oxygens (including phenoxy) is 2. The molecule has 0 fully saturated rings. The second-order valence-corrected chi connectivity index (χ2v) is 5.67. The summed E-state index contributed by atoms with van der Waals surface area (Å²) in [6.07, 6.45) is 6.53. The summed E-state index contributed by atoms with van der Waals surface area (Å²) in [5, 5.41) is 0. The van der Waals surface area contributed by atoms with Gasteiger partial charge in [-0.3, -0.25) is 4.79 Å². The molecule has 0 amide bonds. The van der Waals surface area contributed by atoms with Gasteiger partial charge in [0.1, 0.15) is 6.10 Å². The van der Waals surface area contributed by atoms with Crippen LogP contribution in [-0.2, 0) is 14.3 Å². The first-order chi connectivity index (χ1) is 10.7. The highest BCUT2D eigenvalue weighted by Gasteiger charge is 2.32. The van der Waals surface area contributed by atoms with Crippen molar-refractivity contribution < 1.29 is 19.1 Å². The minimum atomic E-state index is -0.499. The largest absolute Gasteiger partial charge is 0.466 e. The number of hydrogen-bond acceptors (Lipinski definition) is 4. The van der Waals surface area contributed by atoms with Gasteiger partial charge in [-0.15, -0.1) is 0 Å². The molecule has 1 aliphatic rings. The van der Waals surface area contributed by atoms with Gasteiger partial charge >= 0.3 is 11.9 Å². The first-order valence-electron chi connectivity index (χ1n) is 8.18. The fourth-order valence-electron chi connectivity index (χ4n) is 2.65. The molecular weight excluding hydrogens is 280 g/mol. The zero-order chi connectivity index (χ0) is 15.8. The third-order valence-corrected chi connectivity index (χ3v) is 3.89. The van der Waals surface area contributed by atoms with Gasteiger partial charge in [0, 0.05) is 5.56 Å². The quantitative estimate of drug-likeness (QED) is 0.507. The maximum atomic E-state index is 11.8. The van der Waals surface area contributed by atoms with Crippen molar-refractivity contribution in [2.24, 2.45) is 0 Å². The lowest BCUT2D eigenvalue weighted by Gasteiger charge is -2.10. The molecule has 0 aliphatic carbocycles. The number of benzene rings is 1. The average Bonchev–Trinajstić information content (AvgIpc) is 2.83. The topological polar surface area (TPSA) is 52.6 Å². The van der Waals surface area contributed by atoms with E-state index >= 15 is 0 Å². The predicted octanol–water partition coefficient (Wildman–Crippen LogP) is 4.19. The van der Waals surface area contributed by atoms with Crippen molar-refractivity contribution in [3.63, 3.8) is 0 Å². The van der Waals surface area contributed by atoms with Crippen molar-refractivity contribution in [3.05, 3.63) is 35.4 Å². The maximum Gasteiger partial charge on any atom is 0.339 e. The van der Waals surface area contributed by atoms with Gasteiger partial charge in [0.25, 0.3) is 0 Å². The van der Waals surface area contributed by atoms with E-state index in [4.69, 9.17) is 9.47 Å². The molecule has 4 heteroatoms. The number of carbonyl (C=O) groups excluding carboxylic acids is 2. The van der Waals surface area contributed by atoms with Gasteiger partial charge in [-0.1, -0.05) is 57.2 Å². The minimum absolute atomic E-state index is 0.0958. The van der Waals surface area contributed by atoms with Gasteiger partial charge in [-0.2, -0.15) is 0 Å². The van der Waals surface area contributed by atoms with E-state index < -0.39 is 6.10 Å². The van der Waals surface area contributed by atoms with Crippen LogP contribution >= 0.6 is 0 Å². The van der Waals surface area contributed by atoms with Crippen LogP contribution in [0.2, 0.25) is 0 Å². The van der Waals surface area contributed by atoms with Gasteiger partial charge in [-0.05, 0) is 12.5 Å². The lowest BCUT2D eigenvalue weighted by molar-refractivity contribution is -0.146. The number of cyclic esters (lactones) is 1. The number of carbonyl (C=O) groups is 2. The van der Waals surface area contributed by atoms with Gasteiger partial charge in [-0.25, -0.2) is 4.79 Å². The Balaban J connectivity index is 1.67. The molecule has 0 N–H and O–H groups in total. The van der Waals surface area contributed by atoms with Gasteiger partial charge in [0.2, 0.25) is 0 Å². The van der Waals surface area contributed by atoms with Crippen LogP contribution in [0, 0.1) is 0 Å². The van der Waals surface area contributed by atoms with Gasteiger partial charge in [0.15, 0.2) is 0 Å². The fourth-order valence-corrected chi connectivity index (χ4v) is 2.65.